The van der Waals surface area contributed by atoms with Gasteiger partial charge >= 0.3 is 0 Å². The lowest BCUT2D eigenvalue weighted by molar-refractivity contribution is 0.126. The Balaban J connectivity index is 1.58. The smallest absolute Gasteiger partial charge is 0.172 e. The van der Waals surface area contributed by atoms with Crippen molar-refractivity contribution >= 4 is 11.8 Å². The summed E-state index contributed by atoms with van der Waals surface area (Å²) in [6.07, 6.45) is 3.16. The molecule has 1 unspecified atom stereocenters. The minimum atomic E-state index is -0.558. The van der Waals surface area contributed by atoms with E-state index in [4.69, 9.17) is 4.74 Å². The van der Waals surface area contributed by atoms with Gasteiger partial charge in [-0.25, -0.2) is 4.98 Å². The van der Waals surface area contributed by atoms with Crippen molar-refractivity contribution in [2.45, 2.75) is 18.2 Å². The van der Waals surface area contributed by atoms with Crippen LogP contribution in [0.15, 0.2) is 72.1 Å². The lowest BCUT2D eigenvalue weighted by Gasteiger charge is -2.13. The number of hydrogen-bond acceptors (Lipinski definition) is 4. The second-order valence-electron chi connectivity index (χ2n) is 5.46. The minimum Gasteiger partial charge on any atom is -0.491 e. The van der Waals surface area contributed by atoms with Crippen molar-refractivity contribution in [3.05, 3.63) is 72.6 Å². The summed E-state index contributed by atoms with van der Waals surface area (Å²) >= 11 is 1.52. The van der Waals surface area contributed by atoms with Crippen molar-refractivity contribution in [1.29, 1.82) is 0 Å². The van der Waals surface area contributed by atoms with Crippen LogP contribution in [0.2, 0.25) is 0 Å². The van der Waals surface area contributed by atoms with Gasteiger partial charge in [-0.05, 0) is 30.7 Å². The molecule has 0 aliphatic rings. The highest BCUT2D eigenvalue weighted by Crippen LogP contribution is 2.23. The Bertz CT molecular complexity index is 774. The van der Waals surface area contributed by atoms with Crippen LogP contribution in [0.25, 0.3) is 5.69 Å². The van der Waals surface area contributed by atoms with Crippen LogP contribution in [0, 0.1) is 6.92 Å². The quantitative estimate of drug-likeness (QED) is 0.666. The predicted molar refractivity (Wildman–Crippen MR) is 97.0 cm³/mol. The third-order valence-corrected chi connectivity index (χ3v) is 4.68. The largest absolute Gasteiger partial charge is 0.491 e. The molecule has 0 aliphatic carbocycles. The average Bonchev–Trinajstić information content (AvgIpc) is 3.08. The molecule has 2 aromatic carbocycles. The normalized spacial score (nSPS) is 12.1. The summed E-state index contributed by atoms with van der Waals surface area (Å²) in [7, 11) is 0. The number of aromatic nitrogens is 2. The molecule has 1 N–H and O–H groups in total. The van der Waals surface area contributed by atoms with Crippen molar-refractivity contribution in [2.24, 2.45) is 0 Å². The number of aliphatic hydroxyl groups is 1. The first kappa shape index (κ1) is 16.6. The summed E-state index contributed by atoms with van der Waals surface area (Å²) in [6.45, 7) is 2.34. The fraction of sp³-hybridized carbons (Fsp3) is 0.211. The summed E-state index contributed by atoms with van der Waals surface area (Å²) in [5, 5.41) is 11.0. The van der Waals surface area contributed by atoms with E-state index in [0.29, 0.717) is 5.75 Å². The molecule has 0 spiro atoms. The van der Waals surface area contributed by atoms with E-state index < -0.39 is 6.10 Å². The number of aryl methyl sites for hydroxylation is 1. The fourth-order valence-electron chi connectivity index (χ4n) is 2.34. The lowest BCUT2D eigenvalue weighted by Crippen LogP contribution is -2.20. The van der Waals surface area contributed by atoms with Gasteiger partial charge in [-0.1, -0.05) is 48.2 Å². The molecule has 0 fully saturated rings. The number of aliphatic hydroxyl groups excluding tert-OH is 1. The van der Waals surface area contributed by atoms with Crippen LogP contribution in [-0.2, 0) is 0 Å². The van der Waals surface area contributed by atoms with E-state index in [-0.39, 0.29) is 6.61 Å². The summed E-state index contributed by atoms with van der Waals surface area (Å²) in [6, 6.07) is 17.7. The first-order valence-electron chi connectivity index (χ1n) is 7.82. The highest BCUT2D eigenvalue weighted by atomic mass is 32.2. The Morgan fingerprint density at radius 3 is 2.67 bits per heavy atom. The zero-order valence-corrected chi connectivity index (χ0v) is 14.3. The summed E-state index contributed by atoms with van der Waals surface area (Å²) < 4.78 is 7.63. The zero-order valence-electron chi connectivity index (χ0n) is 13.5. The van der Waals surface area contributed by atoms with Crippen molar-refractivity contribution in [1.82, 2.24) is 9.55 Å². The van der Waals surface area contributed by atoms with E-state index in [1.165, 1.54) is 17.3 Å². The van der Waals surface area contributed by atoms with Crippen molar-refractivity contribution in [3.8, 4) is 11.4 Å². The van der Waals surface area contributed by atoms with E-state index in [1.54, 1.807) is 6.20 Å². The van der Waals surface area contributed by atoms with Crippen molar-refractivity contribution < 1.29 is 9.84 Å². The number of benzene rings is 2. The Morgan fingerprint density at radius 1 is 1.12 bits per heavy atom. The topological polar surface area (TPSA) is 47.3 Å². The van der Waals surface area contributed by atoms with E-state index >= 15 is 0 Å². The van der Waals surface area contributed by atoms with Crippen LogP contribution in [-0.4, -0.2) is 33.1 Å². The molecule has 0 bridgehead atoms. The number of hydrogen-bond donors (Lipinski definition) is 1. The summed E-state index contributed by atoms with van der Waals surface area (Å²) in [5.74, 6) is 1.29. The fourth-order valence-corrected chi connectivity index (χ4v) is 3.21. The number of imidazole rings is 1. The average molecular weight is 340 g/mol. The first-order chi connectivity index (χ1) is 11.7. The second-order valence-corrected chi connectivity index (χ2v) is 6.44. The molecule has 124 valence electrons. The lowest BCUT2D eigenvalue weighted by atomic mass is 10.2. The third kappa shape index (κ3) is 4.19. The summed E-state index contributed by atoms with van der Waals surface area (Å²) in [5.41, 5.74) is 2.29. The predicted octanol–water partition coefficient (Wildman–Crippen LogP) is 3.71. The van der Waals surface area contributed by atoms with Gasteiger partial charge in [0.25, 0.3) is 0 Å². The van der Waals surface area contributed by atoms with Crippen LogP contribution in [0.1, 0.15) is 5.56 Å². The number of rotatable bonds is 7. The monoisotopic (exact) mass is 340 g/mol. The van der Waals surface area contributed by atoms with Crippen LogP contribution in [0.3, 0.4) is 0 Å². The van der Waals surface area contributed by atoms with E-state index in [0.717, 1.165) is 16.6 Å². The van der Waals surface area contributed by atoms with Gasteiger partial charge < -0.3 is 9.84 Å². The molecule has 0 saturated carbocycles. The van der Waals surface area contributed by atoms with Gasteiger partial charge in [0, 0.05) is 18.1 Å². The van der Waals surface area contributed by atoms with Crippen molar-refractivity contribution in [2.75, 3.05) is 12.4 Å². The Morgan fingerprint density at radius 2 is 1.88 bits per heavy atom. The van der Waals surface area contributed by atoms with E-state index in [1.807, 2.05) is 53.2 Å². The molecule has 4 nitrogen and oxygen atoms in total. The molecule has 0 radical (unpaired) electrons. The van der Waals surface area contributed by atoms with Crippen LogP contribution >= 0.6 is 11.8 Å². The Kier molecular flexibility index (Phi) is 5.56. The second kappa shape index (κ2) is 8.04. The minimum absolute atomic E-state index is 0.266. The van der Waals surface area contributed by atoms with Gasteiger partial charge in [-0.2, -0.15) is 0 Å². The van der Waals surface area contributed by atoms with E-state index in [9.17, 15) is 5.11 Å². The van der Waals surface area contributed by atoms with Crippen molar-refractivity contribution in [3.63, 3.8) is 0 Å². The van der Waals surface area contributed by atoms with Crippen LogP contribution in [0.4, 0.5) is 0 Å². The highest BCUT2D eigenvalue weighted by molar-refractivity contribution is 7.99. The van der Waals surface area contributed by atoms with Gasteiger partial charge in [-0.3, -0.25) is 4.57 Å². The summed E-state index contributed by atoms with van der Waals surface area (Å²) in [4.78, 5) is 4.40. The molecule has 3 aromatic rings. The van der Waals surface area contributed by atoms with Gasteiger partial charge in [0.15, 0.2) is 5.16 Å². The molecule has 0 amide bonds. The molecule has 5 heteroatoms. The maximum absolute atomic E-state index is 10.1. The number of para-hydroxylation sites is 2. The molecule has 24 heavy (non-hydrogen) atoms. The Hall–Kier alpha value is -2.24. The number of ether oxygens (including phenoxy) is 1. The number of thioether (sulfide) groups is 1. The molecule has 1 aromatic heterocycles. The van der Waals surface area contributed by atoms with Crippen LogP contribution < -0.4 is 4.74 Å². The maximum Gasteiger partial charge on any atom is 0.172 e. The van der Waals surface area contributed by atoms with Crippen LogP contribution in [0.5, 0.6) is 5.75 Å². The molecule has 0 aliphatic heterocycles. The Labute approximate surface area is 146 Å². The molecular weight excluding hydrogens is 320 g/mol. The van der Waals surface area contributed by atoms with Gasteiger partial charge in [0.1, 0.15) is 12.4 Å². The molecule has 0 saturated heterocycles. The third-order valence-electron chi connectivity index (χ3n) is 3.57. The van der Waals surface area contributed by atoms with Gasteiger partial charge in [0.05, 0.1) is 11.8 Å². The SMILES string of the molecule is Cc1ccccc1-n1ccnc1SCC(O)COc1ccccc1. The maximum atomic E-state index is 10.1. The number of nitrogens with zero attached hydrogens (tertiary/aromatic N) is 2. The first-order valence-corrected chi connectivity index (χ1v) is 8.80. The van der Waals surface area contributed by atoms with Gasteiger partial charge in [0.2, 0.25) is 0 Å². The molecule has 1 heterocycles. The highest BCUT2D eigenvalue weighted by Gasteiger charge is 2.11. The standard InChI is InChI=1S/C19H20N2O2S/c1-15-7-5-6-10-18(15)21-12-11-20-19(21)24-14-16(22)13-23-17-8-3-2-4-9-17/h2-12,16,22H,13-14H2,1H3. The van der Waals surface area contributed by atoms with E-state index in [2.05, 4.69) is 24.0 Å². The zero-order chi connectivity index (χ0) is 16.8. The molecule has 1 atom stereocenters. The molecule has 3 rings (SSSR count). The van der Waals surface area contributed by atoms with Gasteiger partial charge in [-0.15, -0.1) is 0 Å². The molecular formula is C19H20N2O2S.